The summed E-state index contributed by atoms with van der Waals surface area (Å²) in [5.74, 6) is -1.42. The average molecular weight is 265 g/mol. The smallest absolute Gasteiger partial charge is 0.146 e. The molecule has 1 N–H and O–H groups in total. The second kappa shape index (κ2) is 4.50. The van der Waals surface area contributed by atoms with Gasteiger partial charge in [-0.05, 0) is 29.8 Å². The van der Waals surface area contributed by atoms with Crippen LogP contribution in [0.1, 0.15) is 11.7 Å². The zero-order chi connectivity index (χ0) is 13.4. The Bertz CT molecular complexity index is 610. The third-order valence-electron chi connectivity index (χ3n) is 2.95. The molecule has 2 aromatic rings. The standard InChI is InChI=1S/C14H10F3NO/c15-9-1-2-12-13(6-9)19-14(7-18-12)8-3-10(16)5-11(17)4-8/h1-6,14,18H,7H2. The van der Waals surface area contributed by atoms with Crippen LogP contribution in [0.4, 0.5) is 18.9 Å². The zero-order valence-corrected chi connectivity index (χ0v) is 9.79. The summed E-state index contributed by atoms with van der Waals surface area (Å²) in [4.78, 5) is 0. The molecule has 1 unspecified atom stereocenters. The van der Waals surface area contributed by atoms with Crippen molar-refractivity contribution in [3.8, 4) is 5.75 Å². The van der Waals surface area contributed by atoms with Crippen LogP contribution in [0.15, 0.2) is 36.4 Å². The number of hydrogen-bond donors (Lipinski definition) is 1. The Hall–Kier alpha value is -2.17. The van der Waals surface area contributed by atoms with Gasteiger partial charge < -0.3 is 10.1 Å². The van der Waals surface area contributed by atoms with Gasteiger partial charge in [-0.1, -0.05) is 0 Å². The lowest BCUT2D eigenvalue weighted by molar-refractivity contribution is 0.208. The van der Waals surface area contributed by atoms with E-state index in [-0.39, 0.29) is 0 Å². The van der Waals surface area contributed by atoms with Crippen molar-refractivity contribution in [3.05, 3.63) is 59.4 Å². The predicted octanol–water partition coefficient (Wildman–Crippen LogP) is 3.65. The number of halogens is 3. The van der Waals surface area contributed by atoms with E-state index in [2.05, 4.69) is 5.32 Å². The lowest BCUT2D eigenvalue weighted by Crippen LogP contribution is -2.23. The number of anilines is 1. The van der Waals surface area contributed by atoms with E-state index in [9.17, 15) is 13.2 Å². The first-order valence-electron chi connectivity index (χ1n) is 5.78. The summed E-state index contributed by atoms with van der Waals surface area (Å²) in [5, 5.41) is 3.04. The molecule has 0 bridgehead atoms. The Balaban J connectivity index is 1.92. The molecule has 0 saturated carbocycles. The number of benzene rings is 2. The highest BCUT2D eigenvalue weighted by Crippen LogP contribution is 2.34. The van der Waals surface area contributed by atoms with E-state index in [1.54, 1.807) is 6.07 Å². The van der Waals surface area contributed by atoms with Gasteiger partial charge in [0.15, 0.2) is 0 Å². The Morgan fingerprint density at radius 2 is 1.68 bits per heavy atom. The van der Waals surface area contributed by atoms with E-state index in [0.29, 0.717) is 23.5 Å². The third-order valence-corrected chi connectivity index (χ3v) is 2.95. The second-order valence-corrected chi connectivity index (χ2v) is 4.33. The number of nitrogens with one attached hydrogen (secondary N) is 1. The first-order chi connectivity index (χ1) is 9.11. The molecular formula is C14H10F3NO. The first-order valence-corrected chi connectivity index (χ1v) is 5.78. The molecule has 2 aromatic carbocycles. The van der Waals surface area contributed by atoms with Crippen molar-refractivity contribution in [1.82, 2.24) is 0 Å². The molecule has 0 aliphatic carbocycles. The van der Waals surface area contributed by atoms with Crippen molar-refractivity contribution in [2.24, 2.45) is 0 Å². The topological polar surface area (TPSA) is 21.3 Å². The highest BCUT2D eigenvalue weighted by molar-refractivity contribution is 5.58. The third kappa shape index (κ3) is 2.36. The van der Waals surface area contributed by atoms with Gasteiger partial charge >= 0.3 is 0 Å². The van der Waals surface area contributed by atoms with E-state index in [1.807, 2.05) is 0 Å². The van der Waals surface area contributed by atoms with Gasteiger partial charge in [-0.2, -0.15) is 0 Å². The largest absolute Gasteiger partial charge is 0.482 e. The van der Waals surface area contributed by atoms with Crippen molar-refractivity contribution in [2.75, 3.05) is 11.9 Å². The lowest BCUT2D eigenvalue weighted by atomic mass is 10.1. The number of rotatable bonds is 1. The molecule has 0 aromatic heterocycles. The van der Waals surface area contributed by atoms with Crippen LogP contribution in [0, 0.1) is 17.5 Å². The van der Waals surface area contributed by atoms with Gasteiger partial charge in [0.2, 0.25) is 0 Å². The molecule has 19 heavy (non-hydrogen) atoms. The highest BCUT2D eigenvalue weighted by atomic mass is 19.1. The summed E-state index contributed by atoms with van der Waals surface area (Å²) in [6.07, 6.45) is -0.556. The van der Waals surface area contributed by atoms with Crippen LogP contribution in [0.3, 0.4) is 0 Å². The summed E-state index contributed by atoms with van der Waals surface area (Å²) in [6.45, 7) is 0.363. The van der Waals surface area contributed by atoms with Gasteiger partial charge in [0.25, 0.3) is 0 Å². The molecule has 0 spiro atoms. The van der Waals surface area contributed by atoms with Crippen LogP contribution in [0.25, 0.3) is 0 Å². The van der Waals surface area contributed by atoms with E-state index < -0.39 is 23.6 Å². The molecule has 1 aliphatic heterocycles. The van der Waals surface area contributed by atoms with Crippen LogP contribution in [0.5, 0.6) is 5.75 Å². The zero-order valence-electron chi connectivity index (χ0n) is 9.79. The Morgan fingerprint density at radius 1 is 0.947 bits per heavy atom. The fraction of sp³-hybridized carbons (Fsp3) is 0.143. The van der Waals surface area contributed by atoms with Crippen molar-refractivity contribution in [3.63, 3.8) is 0 Å². The van der Waals surface area contributed by atoms with Gasteiger partial charge in [-0.3, -0.25) is 0 Å². The fourth-order valence-electron chi connectivity index (χ4n) is 2.08. The maximum atomic E-state index is 13.2. The normalized spacial score (nSPS) is 17.3. The molecule has 0 radical (unpaired) electrons. The summed E-state index contributed by atoms with van der Waals surface area (Å²) in [5.41, 5.74) is 1.04. The molecule has 5 heteroatoms. The summed E-state index contributed by atoms with van der Waals surface area (Å²) < 4.78 is 45.0. The van der Waals surface area contributed by atoms with E-state index in [0.717, 1.165) is 6.07 Å². The van der Waals surface area contributed by atoms with Crippen molar-refractivity contribution in [1.29, 1.82) is 0 Å². The number of hydrogen-bond acceptors (Lipinski definition) is 2. The van der Waals surface area contributed by atoms with Crippen LogP contribution in [0.2, 0.25) is 0 Å². The van der Waals surface area contributed by atoms with Gasteiger partial charge in [0.05, 0.1) is 12.2 Å². The van der Waals surface area contributed by atoms with E-state index >= 15 is 0 Å². The van der Waals surface area contributed by atoms with Crippen LogP contribution < -0.4 is 10.1 Å². The second-order valence-electron chi connectivity index (χ2n) is 4.33. The molecule has 2 nitrogen and oxygen atoms in total. The summed E-state index contributed by atoms with van der Waals surface area (Å²) in [7, 11) is 0. The number of fused-ring (bicyclic) bond motifs is 1. The van der Waals surface area contributed by atoms with Gasteiger partial charge in [-0.25, -0.2) is 13.2 Å². The fourth-order valence-corrected chi connectivity index (χ4v) is 2.08. The molecule has 1 aliphatic rings. The van der Waals surface area contributed by atoms with Crippen LogP contribution in [-0.4, -0.2) is 6.54 Å². The number of ether oxygens (including phenoxy) is 1. The molecule has 3 rings (SSSR count). The SMILES string of the molecule is Fc1cc(F)cc(C2CNc3ccc(F)cc3O2)c1. The quantitative estimate of drug-likeness (QED) is 0.849. The van der Waals surface area contributed by atoms with Gasteiger partial charge in [-0.15, -0.1) is 0 Å². The predicted molar refractivity (Wildman–Crippen MR) is 64.6 cm³/mol. The minimum Gasteiger partial charge on any atom is -0.482 e. The van der Waals surface area contributed by atoms with Crippen molar-refractivity contribution >= 4 is 5.69 Å². The molecular weight excluding hydrogens is 255 g/mol. The van der Waals surface area contributed by atoms with Crippen molar-refractivity contribution < 1.29 is 17.9 Å². The molecule has 0 fully saturated rings. The molecule has 1 heterocycles. The Labute approximate surface area is 107 Å². The monoisotopic (exact) mass is 265 g/mol. The summed E-state index contributed by atoms with van der Waals surface area (Å²) in [6, 6.07) is 7.33. The Kier molecular flexibility index (Phi) is 2.81. The van der Waals surface area contributed by atoms with Crippen molar-refractivity contribution in [2.45, 2.75) is 6.10 Å². The van der Waals surface area contributed by atoms with Gasteiger partial charge in [0.1, 0.15) is 29.3 Å². The first kappa shape index (κ1) is 11.9. The average Bonchev–Trinajstić information content (AvgIpc) is 2.36. The maximum Gasteiger partial charge on any atom is 0.146 e. The molecule has 98 valence electrons. The van der Waals surface area contributed by atoms with E-state index in [1.165, 1.54) is 24.3 Å². The highest BCUT2D eigenvalue weighted by Gasteiger charge is 2.22. The maximum absolute atomic E-state index is 13.2. The van der Waals surface area contributed by atoms with E-state index in [4.69, 9.17) is 4.74 Å². The van der Waals surface area contributed by atoms with Gasteiger partial charge in [0, 0.05) is 12.1 Å². The minimum atomic E-state index is -0.663. The van der Waals surface area contributed by atoms with Crippen LogP contribution in [-0.2, 0) is 0 Å². The lowest BCUT2D eigenvalue weighted by Gasteiger charge is -2.27. The minimum absolute atomic E-state index is 0.334. The molecule has 1 atom stereocenters. The van der Waals surface area contributed by atoms with Crippen LogP contribution >= 0.6 is 0 Å². The Morgan fingerprint density at radius 3 is 2.42 bits per heavy atom. The summed E-state index contributed by atoms with van der Waals surface area (Å²) >= 11 is 0. The molecule has 0 saturated heterocycles. The molecule has 0 amide bonds.